The van der Waals surface area contributed by atoms with Crippen molar-refractivity contribution in [3.8, 4) is 11.3 Å². The van der Waals surface area contributed by atoms with Crippen LogP contribution in [0.3, 0.4) is 0 Å². The molecular weight excluding hydrogens is 259 g/mol. The van der Waals surface area contributed by atoms with Crippen molar-refractivity contribution in [1.29, 1.82) is 0 Å². The highest BCUT2D eigenvalue weighted by atomic mass is 19.1. The van der Waals surface area contributed by atoms with E-state index in [4.69, 9.17) is 0 Å². The molecular formula is C15H11FN2O2. The average molecular weight is 270 g/mol. The number of halogens is 1. The molecule has 0 saturated carbocycles. The molecule has 3 aromatic rings. The zero-order chi connectivity index (χ0) is 14.1. The first-order valence-corrected chi connectivity index (χ1v) is 6.00. The fraction of sp³-hybridized carbons (Fsp3) is 0.0667. The molecule has 2 aromatic heterocycles. The highest BCUT2D eigenvalue weighted by Gasteiger charge is 2.11. The number of methoxy groups -OCH3 is 1. The molecule has 100 valence electrons. The zero-order valence-electron chi connectivity index (χ0n) is 10.7. The smallest absolute Gasteiger partial charge is 0.337 e. The van der Waals surface area contributed by atoms with E-state index >= 15 is 0 Å². The van der Waals surface area contributed by atoms with Crippen LogP contribution in [-0.2, 0) is 4.74 Å². The lowest BCUT2D eigenvalue weighted by atomic mass is 10.1. The maximum Gasteiger partial charge on any atom is 0.337 e. The van der Waals surface area contributed by atoms with Gasteiger partial charge in [0.25, 0.3) is 0 Å². The van der Waals surface area contributed by atoms with E-state index in [9.17, 15) is 9.18 Å². The molecule has 0 unspecified atom stereocenters. The summed E-state index contributed by atoms with van der Waals surface area (Å²) in [6.07, 6.45) is 3.45. The summed E-state index contributed by atoms with van der Waals surface area (Å²) in [5.41, 5.74) is 2.28. The normalized spacial score (nSPS) is 10.7. The Balaban J connectivity index is 2.21. The van der Waals surface area contributed by atoms with Crippen LogP contribution in [0.1, 0.15) is 10.4 Å². The van der Waals surface area contributed by atoms with E-state index in [2.05, 4.69) is 9.72 Å². The Bertz CT molecular complexity index is 795. The van der Waals surface area contributed by atoms with Crippen LogP contribution < -0.4 is 0 Å². The second-order valence-corrected chi connectivity index (χ2v) is 4.29. The molecule has 0 aliphatic rings. The first-order valence-electron chi connectivity index (χ1n) is 6.00. The van der Waals surface area contributed by atoms with Gasteiger partial charge in [-0.15, -0.1) is 0 Å². The molecule has 0 aliphatic carbocycles. The van der Waals surface area contributed by atoms with Gasteiger partial charge in [0.2, 0.25) is 0 Å². The number of hydrogen-bond donors (Lipinski definition) is 0. The van der Waals surface area contributed by atoms with Gasteiger partial charge in [0.1, 0.15) is 11.5 Å². The van der Waals surface area contributed by atoms with Gasteiger partial charge in [-0.3, -0.25) is 4.40 Å². The van der Waals surface area contributed by atoms with Gasteiger partial charge in [-0.05, 0) is 30.3 Å². The van der Waals surface area contributed by atoms with E-state index < -0.39 is 11.8 Å². The minimum absolute atomic E-state index is 0.180. The van der Waals surface area contributed by atoms with Gasteiger partial charge in [-0.25, -0.2) is 14.2 Å². The number of pyridine rings is 1. The summed E-state index contributed by atoms with van der Waals surface area (Å²) in [5, 5.41) is 0. The lowest BCUT2D eigenvalue weighted by molar-refractivity contribution is 0.0600. The summed E-state index contributed by atoms with van der Waals surface area (Å²) in [4.78, 5) is 15.7. The largest absolute Gasteiger partial charge is 0.465 e. The maximum absolute atomic E-state index is 13.7. The average Bonchev–Trinajstić information content (AvgIpc) is 2.94. The summed E-state index contributed by atoms with van der Waals surface area (Å²) in [6.45, 7) is 0. The van der Waals surface area contributed by atoms with Crippen LogP contribution in [0.4, 0.5) is 4.39 Å². The third-order valence-corrected chi connectivity index (χ3v) is 3.04. The van der Waals surface area contributed by atoms with E-state index in [1.165, 1.54) is 13.2 Å². The number of nitrogens with zero attached hydrogens (tertiary/aromatic N) is 2. The predicted octanol–water partition coefficient (Wildman–Crippen LogP) is 2.93. The molecule has 0 aliphatic heterocycles. The number of esters is 1. The molecule has 5 heteroatoms. The van der Waals surface area contributed by atoms with Crippen LogP contribution in [0, 0.1) is 5.82 Å². The van der Waals surface area contributed by atoms with Crippen molar-refractivity contribution in [2.24, 2.45) is 0 Å². The highest BCUT2D eigenvalue weighted by Crippen LogP contribution is 2.23. The Morgan fingerprint density at radius 2 is 2.15 bits per heavy atom. The van der Waals surface area contributed by atoms with E-state index in [1.54, 1.807) is 18.5 Å². The minimum Gasteiger partial charge on any atom is -0.465 e. The third kappa shape index (κ3) is 2.03. The van der Waals surface area contributed by atoms with Crippen LogP contribution in [0.2, 0.25) is 0 Å². The molecule has 0 spiro atoms. The second kappa shape index (κ2) is 4.77. The van der Waals surface area contributed by atoms with Crippen LogP contribution in [0.5, 0.6) is 0 Å². The fourth-order valence-electron chi connectivity index (χ4n) is 2.16. The molecule has 1 aromatic carbocycles. The molecule has 0 fully saturated rings. The lowest BCUT2D eigenvalue weighted by Crippen LogP contribution is -2.02. The van der Waals surface area contributed by atoms with Crippen molar-refractivity contribution in [3.05, 3.63) is 60.2 Å². The molecule has 0 radical (unpaired) electrons. The molecule has 0 N–H and O–H groups in total. The number of hydrogen-bond acceptors (Lipinski definition) is 3. The lowest BCUT2D eigenvalue weighted by Gasteiger charge is -2.08. The van der Waals surface area contributed by atoms with E-state index in [1.807, 2.05) is 22.6 Å². The molecule has 4 nitrogen and oxygen atoms in total. The number of carbonyl (C=O) groups is 1. The summed E-state index contributed by atoms with van der Waals surface area (Å²) in [6, 6.07) is 9.66. The minimum atomic E-state index is -0.566. The number of imidazole rings is 1. The van der Waals surface area contributed by atoms with Crippen LogP contribution in [0.25, 0.3) is 16.9 Å². The Kier molecular flexibility index (Phi) is 2.95. The Hall–Kier alpha value is -2.69. The molecule has 3 rings (SSSR count). The molecule has 0 saturated heterocycles. The van der Waals surface area contributed by atoms with Crippen LogP contribution in [-0.4, -0.2) is 22.5 Å². The molecule has 0 atom stereocenters. The van der Waals surface area contributed by atoms with Crippen molar-refractivity contribution >= 4 is 11.6 Å². The molecule has 0 bridgehead atoms. The third-order valence-electron chi connectivity index (χ3n) is 3.04. The van der Waals surface area contributed by atoms with Gasteiger partial charge in [0.05, 0.1) is 18.4 Å². The Labute approximate surface area is 114 Å². The van der Waals surface area contributed by atoms with Gasteiger partial charge in [0, 0.05) is 18.0 Å². The van der Waals surface area contributed by atoms with Crippen molar-refractivity contribution in [3.63, 3.8) is 0 Å². The number of aromatic nitrogens is 2. The topological polar surface area (TPSA) is 43.6 Å². The zero-order valence-corrected chi connectivity index (χ0v) is 10.7. The van der Waals surface area contributed by atoms with E-state index in [0.717, 1.165) is 17.4 Å². The fourth-order valence-corrected chi connectivity index (χ4v) is 2.16. The van der Waals surface area contributed by atoms with Gasteiger partial charge in [-0.1, -0.05) is 6.07 Å². The van der Waals surface area contributed by atoms with Crippen molar-refractivity contribution in [2.45, 2.75) is 0 Å². The summed E-state index contributed by atoms with van der Waals surface area (Å²) >= 11 is 0. The molecule has 0 amide bonds. The van der Waals surface area contributed by atoms with Crippen LogP contribution >= 0.6 is 0 Å². The first kappa shape index (κ1) is 12.3. The highest BCUT2D eigenvalue weighted by molar-refractivity contribution is 5.90. The summed E-state index contributed by atoms with van der Waals surface area (Å²) in [7, 11) is 1.27. The number of ether oxygens (including phenoxy) is 1. The van der Waals surface area contributed by atoms with Gasteiger partial charge < -0.3 is 4.74 Å². The number of carbonyl (C=O) groups excluding carboxylic acids is 1. The van der Waals surface area contributed by atoms with E-state index in [-0.39, 0.29) is 5.56 Å². The second-order valence-electron chi connectivity index (χ2n) is 4.29. The van der Waals surface area contributed by atoms with Crippen molar-refractivity contribution < 1.29 is 13.9 Å². The predicted molar refractivity (Wildman–Crippen MR) is 71.9 cm³/mol. The van der Waals surface area contributed by atoms with Crippen LogP contribution in [0.15, 0.2) is 48.8 Å². The van der Waals surface area contributed by atoms with Gasteiger partial charge >= 0.3 is 5.97 Å². The quantitative estimate of drug-likeness (QED) is 0.672. The maximum atomic E-state index is 13.7. The van der Waals surface area contributed by atoms with Gasteiger partial charge in [0.15, 0.2) is 0 Å². The van der Waals surface area contributed by atoms with Crippen molar-refractivity contribution in [1.82, 2.24) is 9.38 Å². The molecule has 20 heavy (non-hydrogen) atoms. The SMILES string of the molecule is COC(=O)c1cc(F)cc(-c2cccc3nccn23)c1. The summed E-state index contributed by atoms with van der Waals surface area (Å²) in [5.74, 6) is -1.05. The first-order chi connectivity index (χ1) is 9.69. The number of fused-ring (bicyclic) bond motifs is 1. The standard InChI is InChI=1S/C15H11FN2O2/c1-20-15(19)11-7-10(8-12(16)9-11)13-3-2-4-14-17-5-6-18(13)14/h2-9H,1H3. The monoisotopic (exact) mass is 270 g/mol. The Morgan fingerprint density at radius 1 is 1.30 bits per heavy atom. The summed E-state index contributed by atoms with van der Waals surface area (Å²) < 4.78 is 20.2. The van der Waals surface area contributed by atoms with Gasteiger partial charge in [-0.2, -0.15) is 0 Å². The molecule has 2 heterocycles. The number of benzene rings is 1. The number of rotatable bonds is 2. The Morgan fingerprint density at radius 3 is 2.95 bits per heavy atom. The van der Waals surface area contributed by atoms with Crippen molar-refractivity contribution in [2.75, 3.05) is 7.11 Å². The van der Waals surface area contributed by atoms with E-state index in [0.29, 0.717) is 5.56 Å².